The number of rotatable bonds is 10. The summed E-state index contributed by atoms with van der Waals surface area (Å²) in [5.41, 5.74) is -8.12. The van der Waals surface area contributed by atoms with Crippen molar-refractivity contribution in [3.63, 3.8) is 0 Å². The van der Waals surface area contributed by atoms with Gasteiger partial charge in [0.15, 0.2) is 22.9 Å². The number of aromatic hydroxyl groups is 5. The van der Waals surface area contributed by atoms with Crippen molar-refractivity contribution in [2.45, 2.75) is 29.7 Å². The molecule has 0 bridgehead atoms. The van der Waals surface area contributed by atoms with E-state index in [2.05, 4.69) is 0 Å². The number of phenols is 5. The van der Waals surface area contributed by atoms with Gasteiger partial charge in [-0.15, -0.1) is 0 Å². The number of phenolic OH excluding ortho intramolecular Hbond substituents is 5. The lowest BCUT2D eigenvalue weighted by Gasteiger charge is -2.52. The smallest absolute Gasteiger partial charge is 0.241 e. The predicted octanol–water partition coefficient (Wildman–Crippen LogP) is 2.47. The van der Waals surface area contributed by atoms with Gasteiger partial charge in [-0.1, -0.05) is 36.4 Å². The molecule has 0 aliphatic carbocycles. The Morgan fingerprint density at radius 2 is 1.22 bits per heavy atom. The first kappa shape index (κ1) is 37.3. The molecular formula is C39H32O15. The number of ketones is 2. The van der Waals surface area contributed by atoms with Crippen LogP contribution in [0.3, 0.4) is 0 Å². The van der Waals surface area contributed by atoms with Crippen molar-refractivity contribution in [2.24, 2.45) is 0 Å². The number of carbonyl (C=O) groups excluding carboxylic acids is 2. The molecule has 15 nitrogen and oxygen atoms in total. The summed E-state index contributed by atoms with van der Waals surface area (Å²) < 4.78 is 17.4. The number of aliphatic hydroxyl groups is 4. The molecule has 9 N–H and O–H groups in total. The van der Waals surface area contributed by atoms with E-state index in [0.717, 1.165) is 36.4 Å². The quantitative estimate of drug-likeness (QED) is 0.0932. The molecule has 1 aliphatic rings. The van der Waals surface area contributed by atoms with Crippen molar-refractivity contribution >= 4 is 34.7 Å². The van der Waals surface area contributed by atoms with Gasteiger partial charge in [-0.05, 0) is 71.8 Å². The average molecular weight is 741 g/mol. The first-order valence-corrected chi connectivity index (χ1v) is 16.1. The Bertz CT molecular complexity index is 2330. The van der Waals surface area contributed by atoms with Gasteiger partial charge in [0.2, 0.25) is 23.1 Å². The molecule has 15 heteroatoms. The summed E-state index contributed by atoms with van der Waals surface area (Å²) in [5, 5.41) is 95.7. The zero-order valence-corrected chi connectivity index (χ0v) is 27.8. The molecule has 0 saturated carbocycles. The Balaban J connectivity index is 1.56. The molecule has 0 spiro atoms. The van der Waals surface area contributed by atoms with Crippen LogP contribution in [0.1, 0.15) is 11.1 Å². The molecule has 1 saturated heterocycles. The lowest BCUT2D eigenvalue weighted by atomic mass is 9.68. The summed E-state index contributed by atoms with van der Waals surface area (Å²) in [4.78, 5) is 42.4. The average Bonchev–Trinajstić information content (AvgIpc) is 3.15. The minimum absolute atomic E-state index is 0.0319. The molecule has 5 atom stereocenters. The van der Waals surface area contributed by atoms with Crippen molar-refractivity contribution in [3.8, 4) is 45.8 Å². The fraction of sp³-hybridized carbons (Fsp3) is 0.154. The third kappa shape index (κ3) is 6.64. The van der Waals surface area contributed by atoms with Crippen molar-refractivity contribution in [2.75, 3.05) is 6.61 Å². The van der Waals surface area contributed by atoms with Crippen LogP contribution in [-0.2, 0) is 14.3 Å². The molecule has 5 aromatic rings. The second kappa shape index (κ2) is 14.5. The zero-order valence-electron chi connectivity index (χ0n) is 27.8. The zero-order chi connectivity index (χ0) is 38.9. The molecule has 4 aromatic carbocycles. The van der Waals surface area contributed by atoms with Crippen LogP contribution >= 0.6 is 0 Å². The molecule has 54 heavy (non-hydrogen) atoms. The van der Waals surface area contributed by atoms with Crippen LogP contribution in [0, 0.1) is 0 Å². The molecule has 1 aliphatic heterocycles. The van der Waals surface area contributed by atoms with E-state index in [1.807, 2.05) is 0 Å². The summed E-state index contributed by atoms with van der Waals surface area (Å²) in [6.07, 6.45) is -3.36. The summed E-state index contributed by atoms with van der Waals surface area (Å²) in [6, 6.07) is 17.5. The van der Waals surface area contributed by atoms with Crippen LogP contribution in [0.2, 0.25) is 0 Å². The second-order valence-corrected chi connectivity index (χ2v) is 12.3. The van der Waals surface area contributed by atoms with Crippen molar-refractivity contribution < 1.29 is 69.4 Å². The highest BCUT2D eigenvalue weighted by atomic mass is 16.7. The highest BCUT2D eigenvalue weighted by Crippen LogP contribution is 2.44. The largest absolute Gasteiger partial charge is 0.508 e. The van der Waals surface area contributed by atoms with Gasteiger partial charge >= 0.3 is 0 Å². The van der Waals surface area contributed by atoms with E-state index in [9.17, 15) is 60.3 Å². The van der Waals surface area contributed by atoms with Gasteiger partial charge in [-0.3, -0.25) is 14.4 Å². The van der Waals surface area contributed by atoms with E-state index in [0.29, 0.717) is 11.1 Å². The van der Waals surface area contributed by atoms with Gasteiger partial charge in [0, 0.05) is 17.7 Å². The number of benzene rings is 4. The summed E-state index contributed by atoms with van der Waals surface area (Å²) >= 11 is 0. The summed E-state index contributed by atoms with van der Waals surface area (Å²) in [7, 11) is 0. The number of aliphatic hydroxyl groups excluding tert-OH is 2. The van der Waals surface area contributed by atoms with Crippen molar-refractivity contribution in [1.29, 1.82) is 0 Å². The van der Waals surface area contributed by atoms with Gasteiger partial charge in [-0.25, -0.2) is 0 Å². The predicted molar refractivity (Wildman–Crippen MR) is 189 cm³/mol. The Morgan fingerprint density at radius 1 is 0.722 bits per heavy atom. The van der Waals surface area contributed by atoms with Gasteiger partial charge in [-0.2, -0.15) is 0 Å². The molecule has 0 amide bonds. The van der Waals surface area contributed by atoms with E-state index in [1.54, 1.807) is 0 Å². The van der Waals surface area contributed by atoms with E-state index in [-0.39, 0.29) is 28.4 Å². The molecule has 2 heterocycles. The van der Waals surface area contributed by atoms with Gasteiger partial charge in [0.25, 0.3) is 0 Å². The molecule has 1 unspecified atom stereocenters. The van der Waals surface area contributed by atoms with E-state index >= 15 is 0 Å². The van der Waals surface area contributed by atoms with Crippen molar-refractivity contribution in [3.05, 3.63) is 118 Å². The fourth-order valence-electron chi connectivity index (χ4n) is 5.95. The van der Waals surface area contributed by atoms with Crippen LogP contribution < -0.4 is 10.2 Å². The highest BCUT2D eigenvalue weighted by Gasteiger charge is 2.72. The Morgan fingerprint density at radius 3 is 1.74 bits per heavy atom. The molecule has 1 fully saturated rings. The van der Waals surface area contributed by atoms with Gasteiger partial charge < -0.3 is 59.8 Å². The van der Waals surface area contributed by atoms with Crippen LogP contribution in [-0.4, -0.2) is 93.8 Å². The van der Waals surface area contributed by atoms with E-state index in [4.69, 9.17) is 13.9 Å². The standard InChI is InChI=1S/C39H32O15/c40-19-29-36(49)38(50,30(46)15-5-20-1-9-23(41)10-2-20)39(51,31(47)16-6-21-3-11-24(42)12-4-21)37(53-29)54-35-33(48)32-27(45)17-26(44)18-28(32)52-34(35)22-7-13-25(43)14-8-22/h1-18,29,36-37,40-45,49-51H,19H2/t29-,36-,37?,38+,39+/m1/s1. The third-order valence-electron chi connectivity index (χ3n) is 8.84. The normalized spacial score (nSPS) is 22.9. The maximum Gasteiger partial charge on any atom is 0.241 e. The molecule has 6 rings (SSSR count). The molecule has 0 radical (unpaired) electrons. The number of hydrogen-bond acceptors (Lipinski definition) is 15. The molecule has 278 valence electrons. The highest BCUT2D eigenvalue weighted by molar-refractivity contribution is 6.10. The van der Waals surface area contributed by atoms with Gasteiger partial charge in [0.1, 0.15) is 51.9 Å². The number of hydrogen-bond donors (Lipinski definition) is 9. The monoisotopic (exact) mass is 740 g/mol. The van der Waals surface area contributed by atoms with E-state index in [1.165, 1.54) is 72.8 Å². The maximum absolute atomic E-state index is 14.2. The fourth-order valence-corrected chi connectivity index (χ4v) is 5.95. The van der Waals surface area contributed by atoms with Crippen LogP contribution in [0.15, 0.2) is 106 Å². The third-order valence-corrected chi connectivity index (χ3v) is 8.84. The first-order chi connectivity index (χ1) is 25.7. The Labute approximate surface area is 304 Å². The minimum Gasteiger partial charge on any atom is -0.508 e. The van der Waals surface area contributed by atoms with Crippen LogP contribution in [0.4, 0.5) is 0 Å². The lowest BCUT2D eigenvalue weighted by Crippen LogP contribution is -2.80. The van der Waals surface area contributed by atoms with Gasteiger partial charge in [0.05, 0.1) is 6.61 Å². The Kier molecular flexibility index (Phi) is 10.0. The number of ether oxygens (including phenoxy) is 2. The van der Waals surface area contributed by atoms with Crippen molar-refractivity contribution in [1.82, 2.24) is 0 Å². The first-order valence-electron chi connectivity index (χ1n) is 16.1. The van der Waals surface area contributed by atoms with Crippen LogP contribution in [0.5, 0.6) is 34.5 Å². The summed E-state index contributed by atoms with van der Waals surface area (Å²) in [5.74, 6) is -6.00. The Hall–Kier alpha value is -6.49. The lowest BCUT2D eigenvalue weighted by molar-refractivity contribution is -0.331. The van der Waals surface area contributed by atoms with E-state index < -0.39 is 81.7 Å². The molecule has 1 aromatic heterocycles. The number of fused-ring (bicyclic) bond motifs is 1. The maximum atomic E-state index is 14.2. The minimum atomic E-state index is -3.65. The topological polar surface area (TPSA) is 265 Å². The summed E-state index contributed by atoms with van der Waals surface area (Å²) in [6.45, 7) is -1.12. The number of carbonyl (C=O) groups is 2. The SMILES string of the molecule is O=C(C=Cc1ccc(O)cc1)[C@]1(O)C(Oc2c(-c3ccc(O)cc3)oc3cc(O)cc(O)c3c2=O)O[C@H](CO)[C@@H](O)[C@@]1(O)C(=O)C=Cc1ccc(O)cc1. The molecular weight excluding hydrogens is 708 g/mol. The second-order valence-electron chi connectivity index (χ2n) is 12.3. The van der Waals surface area contributed by atoms with Crippen LogP contribution in [0.25, 0.3) is 34.4 Å².